The first-order chi connectivity index (χ1) is 12.2. The molecule has 0 aliphatic rings. The number of carbonyl (C=O) groups is 1. The molecule has 0 bridgehead atoms. The minimum Gasteiger partial charge on any atom is -0.351 e. The van der Waals surface area contributed by atoms with E-state index in [1.165, 1.54) is 4.70 Å². The first-order valence-corrected chi connectivity index (χ1v) is 8.70. The van der Waals surface area contributed by atoms with Crippen LogP contribution >= 0.6 is 11.3 Å². The Bertz CT molecular complexity index is 977. The highest BCUT2D eigenvalue weighted by Gasteiger charge is 2.18. The van der Waals surface area contributed by atoms with E-state index in [0.717, 1.165) is 16.5 Å². The molecule has 5 heteroatoms. The summed E-state index contributed by atoms with van der Waals surface area (Å²) in [6, 6.07) is 19.1. The van der Waals surface area contributed by atoms with Gasteiger partial charge in [-0.1, -0.05) is 30.3 Å². The lowest BCUT2D eigenvalue weighted by atomic mass is 9.99. The van der Waals surface area contributed by atoms with Gasteiger partial charge in [0.1, 0.15) is 5.92 Å². The number of benzene rings is 2. The average Bonchev–Trinajstić information content (AvgIpc) is 3.08. The summed E-state index contributed by atoms with van der Waals surface area (Å²) in [5.41, 5.74) is 2.48. The molecule has 4 nitrogen and oxygen atoms in total. The van der Waals surface area contributed by atoms with Gasteiger partial charge in [0.25, 0.3) is 0 Å². The Balaban J connectivity index is 1.64. The van der Waals surface area contributed by atoms with Crippen molar-refractivity contribution in [3.05, 3.63) is 70.6 Å². The second kappa shape index (κ2) is 7.61. The highest BCUT2D eigenvalue weighted by atomic mass is 32.1. The molecular formula is C20H15N3OS. The van der Waals surface area contributed by atoms with Crippen molar-refractivity contribution >= 4 is 27.3 Å². The minimum absolute atomic E-state index is 0.276. The normalized spacial score (nSPS) is 11.4. The van der Waals surface area contributed by atoms with Crippen molar-refractivity contribution < 1.29 is 4.79 Å². The Kier molecular flexibility index (Phi) is 5.09. The number of amides is 1. The molecule has 2 aromatic carbocycles. The quantitative estimate of drug-likeness (QED) is 0.764. The summed E-state index contributed by atoms with van der Waals surface area (Å²) in [6.45, 7) is 0.411. The number of hydrogen-bond acceptors (Lipinski definition) is 4. The molecule has 0 saturated carbocycles. The first kappa shape index (κ1) is 16.7. The maximum absolute atomic E-state index is 12.4. The third-order valence-corrected chi connectivity index (χ3v) is 5.02. The van der Waals surface area contributed by atoms with Crippen LogP contribution in [0.25, 0.3) is 10.1 Å². The smallest absolute Gasteiger partial charge is 0.237 e. The number of fused-ring (bicyclic) bond motifs is 1. The fourth-order valence-electron chi connectivity index (χ4n) is 2.62. The van der Waals surface area contributed by atoms with E-state index in [4.69, 9.17) is 5.26 Å². The number of hydrogen-bond donors (Lipinski definition) is 1. The van der Waals surface area contributed by atoms with Crippen LogP contribution < -0.4 is 5.32 Å². The molecule has 0 unspecified atom stereocenters. The highest BCUT2D eigenvalue weighted by Crippen LogP contribution is 2.25. The molecule has 122 valence electrons. The molecule has 0 spiro atoms. The first-order valence-electron chi connectivity index (χ1n) is 7.82. The van der Waals surface area contributed by atoms with Crippen LogP contribution in [0, 0.1) is 28.6 Å². The maximum atomic E-state index is 12.4. The van der Waals surface area contributed by atoms with Gasteiger partial charge in [-0.25, -0.2) is 0 Å². The lowest BCUT2D eigenvalue weighted by molar-refractivity contribution is -0.123. The molecular weight excluding hydrogens is 330 g/mol. The topological polar surface area (TPSA) is 76.7 Å². The molecule has 0 saturated heterocycles. The van der Waals surface area contributed by atoms with Gasteiger partial charge in [-0.2, -0.15) is 10.5 Å². The van der Waals surface area contributed by atoms with Crippen LogP contribution in [0.1, 0.15) is 16.7 Å². The molecule has 0 aliphatic carbocycles. The van der Waals surface area contributed by atoms with E-state index in [1.54, 1.807) is 35.6 Å². The van der Waals surface area contributed by atoms with Crippen molar-refractivity contribution in [3.63, 3.8) is 0 Å². The summed E-state index contributed by atoms with van der Waals surface area (Å²) in [7, 11) is 0. The number of nitriles is 2. The number of thiophene rings is 1. The van der Waals surface area contributed by atoms with Crippen molar-refractivity contribution in [2.75, 3.05) is 0 Å². The van der Waals surface area contributed by atoms with E-state index < -0.39 is 5.92 Å². The minimum atomic E-state index is -0.752. The predicted octanol–water partition coefficient (Wildman–Crippen LogP) is 3.77. The summed E-state index contributed by atoms with van der Waals surface area (Å²) >= 11 is 1.64. The van der Waals surface area contributed by atoms with Crippen molar-refractivity contribution in [2.45, 2.75) is 13.0 Å². The second-order valence-electron chi connectivity index (χ2n) is 5.67. The number of nitrogens with one attached hydrogen (secondary N) is 1. The van der Waals surface area contributed by atoms with Crippen LogP contribution in [-0.2, 0) is 17.8 Å². The maximum Gasteiger partial charge on any atom is 0.237 e. The van der Waals surface area contributed by atoms with Gasteiger partial charge in [-0.05, 0) is 46.5 Å². The summed E-state index contributed by atoms with van der Waals surface area (Å²) in [4.78, 5) is 12.4. The lowest BCUT2D eigenvalue weighted by Gasteiger charge is -2.10. The Labute approximate surface area is 149 Å². The average molecular weight is 345 g/mol. The van der Waals surface area contributed by atoms with E-state index in [0.29, 0.717) is 18.5 Å². The SMILES string of the molecule is N#Cc1ccc(C[C@H](C#N)C(=O)NCc2csc3ccccc23)cc1. The Morgan fingerprint density at radius 2 is 1.88 bits per heavy atom. The Morgan fingerprint density at radius 3 is 2.60 bits per heavy atom. The largest absolute Gasteiger partial charge is 0.351 e. The van der Waals surface area contributed by atoms with Gasteiger partial charge in [0.15, 0.2) is 0 Å². The number of carbonyl (C=O) groups excluding carboxylic acids is 1. The number of nitrogens with zero attached hydrogens (tertiary/aromatic N) is 2. The molecule has 1 amide bonds. The highest BCUT2D eigenvalue weighted by molar-refractivity contribution is 7.17. The lowest BCUT2D eigenvalue weighted by Crippen LogP contribution is -2.30. The molecule has 1 aromatic heterocycles. The van der Waals surface area contributed by atoms with Gasteiger partial charge in [-0.15, -0.1) is 11.3 Å². The van der Waals surface area contributed by atoms with Crippen LogP contribution in [0.5, 0.6) is 0 Å². The summed E-state index contributed by atoms with van der Waals surface area (Å²) in [5.74, 6) is -1.03. The molecule has 1 heterocycles. The van der Waals surface area contributed by atoms with E-state index in [2.05, 4.69) is 17.5 Å². The van der Waals surface area contributed by atoms with Crippen molar-refractivity contribution in [3.8, 4) is 12.1 Å². The molecule has 0 fully saturated rings. The molecule has 1 atom stereocenters. The van der Waals surface area contributed by atoms with E-state index >= 15 is 0 Å². The third kappa shape index (κ3) is 3.85. The van der Waals surface area contributed by atoms with Crippen molar-refractivity contribution in [1.29, 1.82) is 10.5 Å². The predicted molar refractivity (Wildman–Crippen MR) is 97.6 cm³/mol. The standard InChI is InChI=1S/C20H15N3OS/c21-10-15-7-5-14(6-8-15)9-16(11-22)20(24)23-12-17-13-25-19-4-2-1-3-18(17)19/h1-8,13,16H,9,12H2,(H,23,24)/t16-/m1/s1. The van der Waals surface area contributed by atoms with Gasteiger partial charge in [0.2, 0.25) is 5.91 Å². The zero-order valence-electron chi connectivity index (χ0n) is 13.4. The fourth-order valence-corrected chi connectivity index (χ4v) is 3.59. The van der Waals surface area contributed by atoms with Crippen molar-refractivity contribution in [1.82, 2.24) is 5.32 Å². The fraction of sp³-hybridized carbons (Fsp3) is 0.150. The van der Waals surface area contributed by atoms with E-state index in [-0.39, 0.29) is 5.91 Å². The van der Waals surface area contributed by atoms with Gasteiger partial charge >= 0.3 is 0 Å². The Hall–Kier alpha value is -3.15. The van der Waals surface area contributed by atoms with Crippen molar-refractivity contribution in [2.24, 2.45) is 5.92 Å². The Morgan fingerprint density at radius 1 is 1.12 bits per heavy atom. The monoisotopic (exact) mass is 345 g/mol. The molecule has 1 N–H and O–H groups in total. The van der Waals surface area contributed by atoms with Crippen LogP contribution in [-0.4, -0.2) is 5.91 Å². The molecule has 25 heavy (non-hydrogen) atoms. The van der Waals surface area contributed by atoms with Gasteiger partial charge < -0.3 is 5.32 Å². The van der Waals surface area contributed by atoms with Crippen LogP contribution in [0.2, 0.25) is 0 Å². The zero-order valence-corrected chi connectivity index (χ0v) is 14.2. The second-order valence-corrected chi connectivity index (χ2v) is 6.58. The van der Waals surface area contributed by atoms with Gasteiger partial charge in [0, 0.05) is 11.2 Å². The van der Waals surface area contributed by atoms with Gasteiger partial charge in [-0.3, -0.25) is 4.79 Å². The number of rotatable bonds is 5. The molecule has 0 radical (unpaired) electrons. The zero-order chi connectivity index (χ0) is 17.6. The van der Waals surface area contributed by atoms with Crippen LogP contribution in [0.4, 0.5) is 0 Å². The molecule has 3 rings (SSSR count). The molecule has 0 aliphatic heterocycles. The van der Waals surface area contributed by atoms with Gasteiger partial charge in [0.05, 0.1) is 17.7 Å². The van der Waals surface area contributed by atoms with Crippen LogP contribution in [0.15, 0.2) is 53.9 Å². The summed E-state index contributed by atoms with van der Waals surface area (Å²) in [6.07, 6.45) is 0.332. The summed E-state index contributed by atoms with van der Waals surface area (Å²) in [5, 5.41) is 24.2. The van der Waals surface area contributed by atoms with Crippen LogP contribution in [0.3, 0.4) is 0 Å². The van der Waals surface area contributed by atoms with E-state index in [1.807, 2.05) is 29.6 Å². The van der Waals surface area contributed by atoms with E-state index in [9.17, 15) is 10.1 Å². The third-order valence-electron chi connectivity index (χ3n) is 4.01. The summed E-state index contributed by atoms with van der Waals surface area (Å²) < 4.78 is 1.18. The molecule has 3 aromatic rings.